The lowest BCUT2D eigenvalue weighted by molar-refractivity contribution is -0.129. The quantitative estimate of drug-likeness (QED) is 0.620. The number of nitrogens with zero attached hydrogens (tertiary/aromatic N) is 2. The molecule has 0 saturated heterocycles. The summed E-state index contributed by atoms with van der Waals surface area (Å²) in [7, 11) is 0. The first-order valence-corrected chi connectivity index (χ1v) is 7.11. The van der Waals surface area contributed by atoms with Crippen molar-refractivity contribution in [3.8, 4) is 0 Å². The molecule has 0 N–H and O–H groups in total. The van der Waals surface area contributed by atoms with Gasteiger partial charge in [-0.2, -0.15) is 0 Å². The molecule has 2 aromatic rings. The first-order chi connectivity index (χ1) is 10.1. The second-order valence-corrected chi connectivity index (χ2v) is 5.55. The largest absolute Gasteiger partial charge is 0.402 e. The Bertz CT molecular complexity index is 764. The van der Waals surface area contributed by atoms with E-state index in [9.17, 15) is 4.79 Å². The van der Waals surface area contributed by atoms with Gasteiger partial charge in [-0.25, -0.2) is 9.79 Å². The average molecular weight is 343 g/mol. The van der Waals surface area contributed by atoms with E-state index >= 15 is 0 Å². The Balaban J connectivity index is 1.93. The second-order valence-electron chi connectivity index (χ2n) is 4.64. The number of esters is 1. The number of aryl methyl sites for hydroxylation is 1. The Kier molecular flexibility index (Phi) is 3.66. The minimum Gasteiger partial charge on any atom is -0.402 e. The van der Waals surface area contributed by atoms with E-state index in [0.29, 0.717) is 5.56 Å². The maximum Gasteiger partial charge on any atom is 0.363 e. The normalized spacial score (nSPS) is 16.0. The maximum absolute atomic E-state index is 11.9. The van der Waals surface area contributed by atoms with Crippen LogP contribution < -0.4 is 0 Å². The van der Waals surface area contributed by atoms with Crippen molar-refractivity contribution in [3.63, 3.8) is 0 Å². The minimum absolute atomic E-state index is 0.271. The predicted octanol–water partition coefficient (Wildman–Crippen LogP) is 3.50. The maximum atomic E-state index is 11.9. The number of halogens is 1. The van der Waals surface area contributed by atoms with Crippen molar-refractivity contribution in [1.82, 2.24) is 4.98 Å². The molecule has 0 bridgehead atoms. The van der Waals surface area contributed by atoms with Crippen molar-refractivity contribution in [2.75, 3.05) is 0 Å². The fourth-order valence-corrected chi connectivity index (χ4v) is 2.25. The van der Waals surface area contributed by atoms with E-state index in [2.05, 4.69) is 25.9 Å². The van der Waals surface area contributed by atoms with Crippen LogP contribution in [0.3, 0.4) is 0 Å². The number of aromatic nitrogens is 1. The molecule has 5 heteroatoms. The van der Waals surface area contributed by atoms with Crippen LogP contribution in [0.15, 0.2) is 57.9 Å². The second kappa shape index (κ2) is 5.61. The number of carbonyl (C=O) groups excluding carboxylic acids is 1. The van der Waals surface area contributed by atoms with Crippen LogP contribution in [0.5, 0.6) is 0 Å². The van der Waals surface area contributed by atoms with Crippen molar-refractivity contribution in [3.05, 3.63) is 69.6 Å². The molecule has 0 amide bonds. The third-order valence-corrected chi connectivity index (χ3v) is 3.39. The van der Waals surface area contributed by atoms with Crippen molar-refractivity contribution in [2.24, 2.45) is 4.99 Å². The van der Waals surface area contributed by atoms with Crippen LogP contribution >= 0.6 is 15.9 Å². The zero-order valence-corrected chi connectivity index (χ0v) is 12.8. The standard InChI is InChI=1S/C16H11BrN2O2/c1-10-2-4-11(5-3-10)6-14-16(20)21-15(19-14)12-7-13(17)9-18-8-12/h2-9H,1H3/b14-6-. The van der Waals surface area contributed by atoms with Gasteiger partial charge < -0.3 is 4.74 Å². The number of rotatable bonds is 2. The number of hydrogen-bond donors (Lipinski definition) is 0. The molecule has 0 spiro atoms. The third kappa shape index (κ3) is 3.08. The number of hydrogen-bond acceptors (Lipinski definition) is 4. The number of cyclic esters (lactones) is 1. The van der Waals surface area contributed by atoms with E-state index in [1.807, 2.05) is 31.2 Å². The van der Waals surface area contributed by atoms with Crippen molar-refractivity contribution in [1.29, 1.82) is 0 Å². The van der Waals surface area contributed by atoms with Gasteiger partial charge in [-0.1, -0.05) is 29.8 Å². The Hall–Kier alpha value is -2.27. The first-order valence-electron chi connectivity index (χ1n) is 6.32. The number of carbonyl (C=O) groups is 1. The summed E-state index contributed by atoms with van der Waals surface area (Å²) < 4.78 is 5.99. The molecule has 0 fully saturated rings. The Morgan fingerprint density at radius 2 is 1.95 bits per heavy atom. The summed E-state index contributed by atoms with van der Waals surface area (Å²) in [5.74, 6) is -0.183. The third-order valence-electron chi connectivity index (χ3n) is 2.95. The summed E-state index contributed by atoms with van der Waals surface area (Å²) in [6.07, 6.45) is 4.97. The van der Waals surface area contributed by atoms with Crippen LogP contribution in [0.25, 0.3) is 6.08 Å². The molecule has 1 aromatic carbocycles. The van der Waals surface area contributed by atoms with Gasteiger partial charge in [0.1, 0.15) is 0 Å². The lowest BCUT2D eigenvalue weighted by atomic mass is 10.1. The Morgan fingerprint density at radius 3 is 2.67 bits per heavy atom. The summed E-state index contributed by atoms with van der Waals surface area (Å²) in [6, 6.07) is 9.63. The molecule has 1 aromatic heterocycles. The SMILES string of the molecule is Cc1ccc(/C=C2\N=C(c3cncc(Br)c3)OC2=O)cc1. The summed E-state index contributed by atoms with van der Waals surface area (Å²) >= 11 is 3.33. The van der Waals surface area contributed by atoms with Crippen LogP contribution in [0.2, 0.25) is 0 Å². The molecule has 0 atom stereocenters. The van der Waals surface area contributed by atoms with Crippen molar-refractivity contribution in [2.45, 2.75) is 6.92 Å². The van der Waals surface area contributed by atoms with E-state index in [-0.39, 0.29) is 11.6 Å². The van der Waals surface area contributed by atoms with Gasteiger partial charge in [0, 0.05) is 16.9 Å². The van der Waals surface area contributed by atoms with E-state index in [1.54, 1.807) is 24.5 Å². The topological polar surface area (TPSA) is 51.6 Å². The Morgan fingerprint density at radius 1 is 1.19 bits per heavy atom. The summed E-state index contributed by atoms with van der Waals surface area (Å²) in [5, 5.41) is 0. The molecular formula is C16H11BrN2O2. The molecule has 4 nitrogen and oxygen atoms in total. The van der Waals surface area contributed by atoms with Crippen LogP contribution in [0.4, 0.5) is 0 Å². The van der Waals surface area contributed by atoms with Gasteiger partial charge in [-0.05, 0) is 40.6 Å². The van der Waals surface area contributed by atoms with Crippen molar-refractivity contribution < 1.29 is 9.53 Å². The molecule has 3 rings (SSSR count). The summed E-state index contributed by atoms with van der Waals surface area (Å²) in [6.45, 7) is 2.01. The lowest BCUT2D eigenvalue weighted by Gasteiger charge is -1.98. The molecule has 21 heavy (non-hydrogen) atoms. The highest BCUT2D eigenvalue weighted by molar-refractivity contribution is 9.10. The zero-order chi connectivity index (χ0) is 14.8. The summed E-state index contributed by atoms with van der Waals surface area (Å²) in [4.78, 5) is 20.2. The van der Waals surface area contributed by atoms with Crippen LogP contribution in [0, 0.1) is 6.92 Å². The van der Waals surface area contributed by atoms with E-state index in [0.717, 1.165) is 15.6 Å². The highest BCUT2D eigenvalue weighted by atomic mass is 79.9. The minimum atomic E-state index is -0.453. The molecule has 104 valence electrons. The monoisotopic (exact) mass is 342 g/mol. The summed E-state index contributed by atoms with van der Waals surface area (Å²) in [5.41, 5.74) is 3.01. The Labute approximate surface area is 130 Å². The molecular weight excluding hydrogens is 332 g/mol. The van der Waals surface area contributed by atoms with Gasteiger partial charge in [0.2, 0.25) is 5.90 Å². The molecule has 0 unspecified atom stereocenters. The van der Waals surface area contributed by atoms with E-state index in [4.69, 9.17) is 4.74 Å². The number of ether oxygens (including phenoxy) is 1. The fourth-order valence-electron chi connectivity index (χ4n) is 1.88. The highest BCUT2D eigenvalue weighted by Crippen LogP contribution is 2.20. The van der Waals surface area contributed by atoms with Gasteiger partial charge in [-0.3, -0.25) is 4.98 Å². The van der Waals surface area contributed by atoms with Gasteiger partial charge in [0.05, 0.1) is 5.56 Å². The smallest absolute Gasteiger partial charge is 0.363 e. The van der Waals surface area contributed by atoms with Gasteiger partial charge in [-0.15, -0.1) is 0 Å². The molecule has 1 aliphatic heterocycles. The number of pyridine rings is 1. The van der Waals surface area contributed by atoms with E-state index in [1.165, 1.54) is 0 Å². The fraction of sp³-hybridized carbons (Fsp3) is 0.0625. The van der Waals surface area contributed by atoms with Crippen LogP contribution in [0.1, 0.15) is 16.7 Å². The van der Waals surface area contributed by atoms with E-state index < -0.39 is 5.97 Å². The first kappa shape index (κ1) is 13.7. The molecule has 0 radical (unpaired) electrons. The molecule has 0 saturated carbocycles. The molecule has 1 aliphatic rings. The van der Waals surface area contributed by atoms with Gasteiger partial charge >= 0.3 is 5.97 Å². The molecule has 2 heterocycles. The predicted molar refractivity (Wildman–Crippen MR) is 83.7 cm³/mol. The molecule has 0 aliphatic carbocycles. The van der Waals surface area contributed by atoms with Gasteiger partial charge in [0.25, 0.3) is 0 Å². The van der Waals surface area contributed by atoms with Gasteiger partial charge in [0.15, 0.2) is 5.70 Å². The number of aliphatic imine (C=N–C) groups is 1. The zero-order valence-electron chi connectivity index (χ0n) is 11.2. The van der Waals surface area contributed by atoms with Crippen LogP contribution in [-0.4, -0.2) is 16.9 Å². The van der Waals surface area contributed by atoms with Crippen molar-refractivity contribution >= 4 is 33.9 Å². The van der Waals surface area contributed by atoms with Crippen LogP contribution in [-0.2, 0) is 9.53 Å². The highest BCUT2D eigenvalue weighted by Gasteiger charge is 2.24. The lowest BCUT2D eigenvalue weighted by Crippen LogP contribution is -2.05. The average Bonchev–Trinajstić information content (AvgIpc) is 2.83. The number of benzene rings is 1.